The van der Waals surface area contributed by atoms with Gasteiger partial charge < -0.3 is 5.32 Å². The third-order valence-electron chi connectivity index (χ3n) is 4.31. The first kappa shape index (κ1) is 13.8. The first-order valence-electron chi connectivity index (χ1n) is 6.76. The molecule has 0 unspecified atom stereocenters. The maximum Gasteiger partial charge on any atom is 0.129 e. The minimum Gasteiger partial charge on any atom is -0.309 e. The fraction of sp³-hybridized carbons (Fsp3) is 0.600. The highest BCUT2D eigenvalue weighted by Crippen LogP contribution is 2.30. The topological polar surface area (TPSA) is 12.0 Å². The molecular weight excluding hydrogens is 249 g/mol. The Hall–Kier alpha value is -0.600. The fourth-order valence-electron chi connectivity index (χ4n) is 2.80. The van der Waals surface area contributed by atoms with E-state index in [9.17, 15) is 4.39 Å². The zero-order valence-corrected chi connectivity index (χ0v) is 11.8. The van der Waals surface area contributed by atoms with Gasteiger partial charge in [0.05, 0.1) is 0 Å². The fourth-order valence-corrected chi connectivity index (χ4v) is 3.03. The van der Waals surface area contributed by atoms with E-state index in [4.69, 9.17) is 11.6 Å². The van der Waals surface area contributed by atoms with Crippen LogP contribution in [-0.4, -0.2) is 6.04 Å². The maximum absolute atomic E-state index is 13.7. The molecule has 0 bridgehead atoms. The van der Waals surface area contributed by atoms with Gasteiger partial charge in [0.1, 0.15) is 5.82 Å². The standard InChI is InChI=1S/C15H21ClFN/c1-10-5-3-8-15(11(10)2)18-9-12-13(16)6-4-7-14(12)17/h4,6-7,10-11,15,18H,3,5,8-9H2,1-2H3/t10-,11-,15-/m1/s1. The summed E-state index contributed by atoms with van der Waals surface area (Å²) in [4.78, 5) is 0. The quantitative estimate of drug-likeness (QED) is 0.858. The van der Waals surface area contributed by atoms with Crippen LogP contribution in [0.2, 0.25) is 5.02 Å². The molecule has 0 radical (unpaired) electrons. The number of halogens is 2. The summed E-state index contributed by atoms with van der Waals surface area (Å²) in [6.45, 7) is 5.10. The van der Waals surface area contributed by atoms with Crippen molar-refractivity contribution in [3.8, 4) is 0 Å². The molecule has 1 nitrogen and oxygen atoms in total. The van der Waals surface area contributed by atoms with Crippen LogP contribution in [0.4, 0.5) is 4.39 Å². The van der Waals surface area contributed by atoms with Crippen LogP contribution < -0.4 is 5.32 Å². The highest BCUT2D eigenvalue weighted by atomic mass is 35.5. The summed E-state index contributed by atoms with van der Waals surface area (Å²) in [5, 5.41) is 3.99. The highest BCUT2D eigenvalue weighted by molar-refractivity contribution is 6.31. The van der Waals surface area contributed by atoms with Gasteiger partial charge in [-0.15, -0.1) is 0 Å². The lowest BCUT2D eigenvalue weighted by atomic mass is 9.78. The number of nitrogens with one attached hydrogen (secondary N) is 1. The van der Waals surface area contributed by atoms with E-state index in [-0.39, 0.29) is 5.82 Å². The van der Waals surface area contributed by atoms with Crippen molar-refractivity contribution in [1.29, 1.82) is 0 Å². The van der Waals surface area contributed by atoms with E-state index in [0.29, 0.717) is 29.1 Å². The highest BCUT2D eigenvalue weighted by Gasteiger charge is 2.26. The van der Waals surface area contributed by atoms with Crippen molar-refractivity contribution in [2.45, 2.75) is 45.7 Å². The van der Waals surface area contributed by atoms with Gasteiger partial charge in [0, 0.05) is 23.2 Å². The molecule has 0 aromatic heterocycles. The molecule has 1 aliphatic carbocycles. The van der Waals surface area contributed by atoms with E-state index < -0.39 is 0 Å². The van der Waals surface area contributed by atoms with Crippen molar-refractivity contribution in [3.05, 3.63) is 34.6 Å². The van der Waals surface area contributed by atoms with E-state index in [0.717, 1.165) is 5.92 Å². The molecule has 1 aromatic rings. The lowest BCUT2D eigenvalue weighted by Crippen LogP contribution is -2.40. The Morgan fingerprint density at radius 1 is 1.33 bits per heavy atom. The number of hydrogen-bond acceptors (Lipinski definition) is 1. The van der Waals surface area contributed by atoms with Crippen LogP contribution in [0.3, 0.4) is 0 Å². The number of hydrogen-bond donors (Lipinski definition) is 1. The van der Waals surface area contributed by atoms with Crippen molar-refractivity contribution in [2.24, 2.45) is 11.8 Å². The van der Waals surface area contributed by atoms with Gasteiger partial charge >= 0.3 is 0 Å². The number of benzene rings is 1. The summed E-state index contributed by atoms with van der Waals surface area (Å²) in [7, 11) is 0. The van der Waals surface area contributed by atoms with Gasteiger partial charge in [0.2, 0.25) is 0 Å². The van der Waals surface area contributed by atoms with Gasteiger partial charge in [0.25, 0.3) is 0 Å². The first-order valence-corrected chi connectivity index (χ1v) is 7.13. The summed E-state index contributed by atoms with van der Waals surface area (Å²) in [5.74, 6) is 1.17. The summed E-state index contributed by atoms with van der Waals surface area (Å²) in [6.07, 6.45) is 3.74. The Morgan fingerprint density at radius 2 is 2.11 bits per heavy atom. The Labute approximate surface area is 114 Å². The SMILES string of the molecule is C[C@@H]1[C@H](C)CCC[C@H]1NCc1c(F)cccc1Cl. The predicted octanol–water partition coefficient (Wildman–Crippen LogP) is 4.39. The Balaban J connectivity index is 1.99. The summed E-state index contributed by atoms with van der Waals surface area (Å²) >= 11 is 6.03. The van der Waals surface area contributed by atoms with Gasteiger partial charge in [-0.05, 0) is 30.4 Å². The van der Waals surface area contributed by atoms with Gasteiger partial charge in [-0.3, -0.25) is 0 Å². The minimum absolute atomic E-state index is 0.216. The van der Waals surface area contributed by atoms with Crippen molar-refractivity contribution < 1.29 is 4.39 Å². The van der Waals surface area contributed by atoms with Gasteiger partial charge in [-0.25, -0.2) is 4.39 Å². The van der Waals surface area contributed by atoms with E-state index in [2.05, 4.69) is 19.2 Å². The molecule has 0 spiro atoms. The van der Waals surface area contributed by atoms with Crippen LogP contribution >= 0.6 is 11.6 Å². The zero-order valence-electron chi connectivity index (χ0n) is 11.0. The predicted molar refractivity (Wildman–Crippen MR) is 74.2 cm³/mol. The average Bonchev–Trinajstić information content (AvgIpc) is 2.33. The Kier molecular flexibility index (Phi) is 4.63. The lowest BCUT2D eigenvalue weighted by molar-refractivity contribution is 0.205. The van der Waals surface area contributed by atoms with Gasteiger partial charge in [-0.2, -0.15) is 0 Å². The van der Waals surface area contributed by atoms with Gasteiger partial charge in [-0.1, -0.05) is 44.4 Å². The van der Waals surface area contributed by atoms with Crippen LogP contribution in [0, 0.1) is 17.7 Å². The molecule has 0 heterocycles. The molecule has 3 heteroatoms. The molecule has 1 aliphatic rings. The second kappa shape index (κ2) is 6.03. The first-order chi connectivity index (χ1) is 8.59. The van der Waals surface area contributed by atoms with Crippen LogP contribution in [0.5, 0.6) is 0 Å². The Bertz CT molecular complexity index is 387. The van der Waals surface area contributed by atoms with E-state index in [1.165, 1.54) is 25.3 Å². The monoisotopic (exact) mass is 269 g/mol. The molecule has 1 N–H and O–H groups in total. The molecule has 1 saturated carbocycles. The summed E-state index contributed by atoms with van der Waals surface area (Å²) in [5.41, 5.74) is 0.588. The van der Waals surface area contributed by atoms with Crippen LogP contribution in [0.25, 0.3) is 0 Å². The molecule has 3 atom stereocenters. The molecule has 100 valence electrons. The molecule has 0 saturated heterocycles. The smallest absolute Gasteiger partial charge is 0.129 e. The maximum atomic E-state index is 13.7. The molecule has 1 fully saturated rings. The summed E-state index contributed by atoms with van der Waals surface area (Å²) < 4.78 is 13.7. The summed E-state index contributed by atoms with van der Waals surface area (Å²) in [6, 6.07) is 5.33. The normalized spacial score (nSPS) is 28.3. The van der Waals surface area contributed by atoms with Crippen molar-refractivity contribution in [3.63, 3.8) is 0 Å². The molecular formula is C15H21ClFN. The largest absolute Gasteiger partial charge is 0.309 e. The zero-order chi connectivity index (χ0) is 13.1. The minimum atomic E-state index is -0.216. The second-order valence-corrected chi connectivity index (χ2v) is 5.86. The molecule has 2 rings (SSSR count). The van der Waals surface area contributed by atoms with Crippen molar-refractivity contribution in [2.75, 3.05) is 0 Å². The third-order valence-corrected chi connectivity index (χ3v) is 4.66. The van der Waals surface area contributed by atoms with Crippen molar-refractivity contribution in [1.82, 2.24) is 5.32 Å². The van der Waals surface area contributed by atoms with E-state index in [1.807, 2.05) is 0 Å². The lowest BCUT2D eigenvalue weighted by Gasteiger charge is -2.34. The van der Waals surface area contributed by atoms with Crippen LogP contribution in [0.1, 0.15) is 38.7 Å². The average molecular weight is 270 g/mol. The Morgan fingerprint density at radius 3 is 2.83 bits per heavy atom. The van der Waals surface area contributed by atoms with Crippen LogP contribution in [0.15, 0.2) is 18.2 Å². The van der Waals surface area contributed by atoms with Crippen molar-refractivity contribution >= 4 is 11.6 Å². The molecule has 0 aliphatic heterocycles. The van der Waals surface area contributed by atoms with Gasteiger partial charge in [0.15, 0.2) is 0 Å². The van der Waals surface area contributed by atoms with E-state index in [1.54, 1.807) is 12.1 Å². The molecule has 18 heavy (non-hydrogen) atoms. The van der Waals surface area contributed by atoms with E-state index >= 15 is 0 Å². The molecule has 0 amide bonds. The van der Waals surface area contributed by atoms with Crippen LogP contribution in [-0.2, 0) is 6.54 Å². The third kappa shape index (κ3) is 3.04. The molecule has 1 aromatic carbocycles. The second-order valence-electron chi connectivity index (χ2n) is 5.45. The number of rotatable bonds is 3.